The van der Waals surface area contributed by atoms with Crippen molar-refractivity contribution in [1.29, 1.82) is 0 Å². The van der Waals surface area contributed by atoms with E-state index < -0.39 is 0 Å². The molecule has 0 saturated carbocycles. The van der Waals surface area contributed by atoms with Crippen LogP contribution in [0.1, 0.15) is 22.3 Å². The fourth-order valence-electron chi connectivity index (χ4n) is 2.98. The van der Waals surface area contributed by atoms with E-state index in [0.717, 1.165) is 35.5 Å². The van der Waals surface area contributed by atoms with Crippen LogP contribution < -0.4 is 0 Å². The van der Waals surface area contributed by atoms with E-state index in [1.807, 2.05) is 0 Å². The molecule has 2 aromatic carbocycles. The monoisotopic (exact) mass is 346 g/mol. The Morgan fingerprint density at radius 3 is 1.60 bits per heavy atom. The highest BCUT2D eigenvalue weighted by Gasteiger charge is 2.25. The molecule has 2 fully saturated rings. The van der Waals surface area contributed by atoms with Gasteiger partial charge in [0.1, 0.15) is 11.6 Å². The zero-order valence-electron chi connectivity index (χ0n) is 13.8. The summed E-state index contributed by atoms with van der Waals surface area (Å²) in [7, 11) is 0. The van der Waals surface area contributed by atoms with E-state index in [1.54, 1.807) is 24.3 Å². The molecule has 0 N–H and O–H groups in total. The lowest BCUT2D eigenvalue weighted by Crippen LogP contribution is -2.05. The third kappa shape index (κ3) is 4.63. The van der Waals surface area contributed by atoms with E-state index >= 15 is 0 Å². The molecule has 2 heterocycles. The van der Waals surface area contributed by atoms with Gasteiger partial charge in [-0.3, -0.25) is 0 Å². The first kappa shape index (κ1) is 16.6. The summed E-state index contributed by atoms with van der Waals surface area (Å²) in [6, 6.07) is 9.52. The summed E-state index contributed by atoms with van der Waals surface area (Å²) >= 11 is 0. The Bertz CT molecular complexity index is 691. The zero-order chi connectivity index (χ0) is 17.2. The highest BCUT2D eigenvalue weighted by Crippen LogP contribution is 2.23. The first-order valence-corrected chi connectivity index (χ1v) is 8.53. The minimum atomic E-state index is -0.246. The number of benzene rings is 2. The second-order valence-electron chi connectivity index (χ2n) is 6.64. The molecule has 0 radical (unpaired) electrons. The van der Waals surface area contributed by atoms with Crippen molar-refractivity contribution in [3.63, 3.8) is 0 Å². The molecule has 0 aromatic heterocycles. The smallest absolute Gasteiger partial charge is 0.123 e. The molecule has 4 rings (SSSR count). The van der Waals surface area contributed by atoms with E-state index in [2.05, 4.69) is 0 Å². The Labute approximate surface area is 145 Å². The fourth-order valence-corrected chi connectivity index (χ4v) is 2.98. The van der Waals surface area contributed by atoms with Crippen LogP contribution in [0.5, 0.6) is 0 Å². The van der Waals surface area contributed by atoms with Crippen molar-refractivity contribution < 1.29 is 23.0 Å². The Morgan fingerprint density at radius 1 is 0.760 bits per heavy atom. The van der Waals surface area contributed by atoms with Gasteiger partial charge in [-0.15, -0.1) is 0 Å². The van der Waals surface area contributed by atoms with Crippen LogP contribution >= 0.6 is 0 Å². The van der Waals surface area contributed by atoms with E-state index in [9.17, 15) is 8.78 Å². The van der Waals surface area contributed by atoms with Crippen molar-refractivity contribution in [2.45, 2.75) is 38.3 Å². The van der Waals surface area contributed by atoms with Gasteiger partial charge < -0.3 is 14.2 Å². The minimum Gasteiger partial charge on any atom is -0.373 e. The van der Waals surface area contributed by atoms with E-state index in [-0.39, 0.29) is 23.8 Å². The number of ether oxygens (including phenoxy) is 3. The van der Waals surface area contributed by atoms with Crippen LogP contribution in [0.3, 0.4) is 0 Å². The van der Waals surface area contributed by atoms with Crippen LogP contribution in [-0.2, 0) is 40.3 Å². The Kier molecular flexibility index (Phi) is 4.79. The lowest BCUT2D eigenvalue weighted by molar-refractivity contribution is 0.106. The average molecular weight is 346 g/mol. The van der Waals surface area contributed by atoms with Gasteiger partial charge in [-0.25, -0.2) is 8.78 Å². The van der Waals surface area contributed by atoms with Gasteiger partial charge in [-0.05, 0) is 46.5 Å². The normalized spacial score (nSPS) is 21.4. The lowest BCUT2D eigenvalue weighted by Gasteiger charge is -2.12. The second-order valence-corrected chi connectivity index (χ2v) is 6.64. The van der Waals surface area contributed by atoms with Crippen LogP contribution in [0.15, 0.2) is 36.4 Å². The topological polar surface area (TPSA) is 34.3 Å². The maximum Gasteiger partial charge on any atom is 0.123 e. The van der Waals surface area contributed by atoms with Crippen LogP contribution in [0.2, 0.25) is 0 Å². The predicted octanol–water partition coefficient (Wildman–Crippen LogP) is 3.56. The predicted molar refractivity (Wildman–Crippen MR) is 88.2 cm³/mol. The van der Waals surface area contributed by atoms with Gasteiger partial charge in [0.05, 0.1) is 38.6 Å². The molecule has 132 valence electrons. The molecule has 3 nitrogen and oxygen atoms in total. The number of hydrogen-bond acceptors (Lipinski definition) is 3. The maximum absolute atomic E-state index is 13.5. The lowest BCUT2D eigenvalue weighted by atomic mass is 10.0. The maximum atomic E-state index is 13.5. The molecule has 2 aromatic rings. The molecule has 25 heavy (non-hydrogen) atoms. The molecular weight excluding hydrogens is 326 g/mol. The molecule has 2 aliphatic rings. The summed E-state index contributed by atoms with van der Waals surface area (Å²) in [4.78, 5) is 0. The molecule has 2 aliphatic heterocycles. The molecule has 2 saturated heterocycles. The van der Waals surface area contributed by atoms with E-state index in [4.69, 9.17) is 14.2 Å². The van der Waals surface area contributed by atoms with Crippen molar-refractivity contribution in [2.75, 3.05) is 13.2 Å². The molecule has 2 atom stereocenters. The van der Waals surface area contributed by atoms with Gasteiger partial charge >= 0.3 is 0 Å². The standard InChI is InChI=1S/C20H20F2O3/c21-17-3-1-13(15(5-17)7-19-11-24-19)9-23-10-14-2-4-18(22)6-16(14)8-20-12-25-20/h1-6,19-20H,7-12H2. The van der Waals surface area contributed by atoms with Crippen molar-refractivity contribution in [3.8, 4) is 0 Å². The van der Waals surface area contributed by atoms with Gasteiger partial charge in [0.15, 0.2) is 0 Å². The summed E-state index contributed by atoms with van der Waals surface area (Å²) in [5, 5.41) is 0. The third-order valence-electron chi connectivity index (χ3n) is 4.55. The highest BCUT2D eigenvalue weighted by molar-refractivity contribution is 5.30. The van der Waals surface area contributed by atoms with E-state index in [0.29, 0.717) is 26.1 Å². The minimum absolute atomic E-state index is 0.197. The Morgan fingerprint density at radius 2 is 1.20 bits per heavy atom. The Hall–Kier alpha value is -1.82. The van der Waals surface area contributed by atoms with Crippen molar-refractivity contribution in [2.24, 2.45) is 0 Å². The van der Waals surface area contributed by atoms with Crippen molar-refractivity contribution in [3.05, 3.63) is 70.3 Å². The summed E-state index contributed by atoms with van der Waals surface area (Å²) in [5.74, 6) is -0.491. The van der Waals surface area contributed by atoms with Gasteiger partial charge in [0.2, 0.25) is 0 Å². The first-order chi connectivity index (χ1) is 12.2. The summed E-state index contributed by atoms with van der Waals surface area (Å²) in [6.07, 6.45) is 1.81. The largest absolute Gasteiger partial charge is 0.373 e. The van der Waals surface area contributed by atoms with Gasteiger partial charge in [-0.1, -0.05) is 12.1 Å². The molecular formula is C20H20F2O3. The highest BCUT2D eigenvalue weighted by atomic mass is 19.1. The van der Waals surface area contributed by atoms with Gasteiger partial charge in [-0.2, -0.15) is 0 Å². The van der Waals surface area contributed by atoms with Gasteiger partial charge in [0, 0.05) is 12.8 Å². The Balaban J connectivity index is 1.40. The summed E-state index contributed by atoms with van der Waals surface area (Å²) in [6.45, 7) is 2.25. The van der Waals surface area contributed by atoms with Crippen LogP contribution in [-0.4, -0.2) is 25.4 Å². The third-order valence-corrected chi connectivity index (χ3v) is 4.55. The van der Waals surface area contributed by atoms with Crippen molar-refractivity contribution >= 4 is 0 Å². The molecule has 0 amide bonds. The van der Waals surface area contributed by atoms with Crippen LogP contribution in [0.25, 0.3) is 0 Å². The number of halogens is 2. The summed E-state index contributed by atoms with van der Waals surface area (Å²) in [5.41, 5.74) is 3.78. The SMILES string of the molecule is Fc1ccc(COCc2ccc(F)cc2CC2CO2)c(CC2CO2)c1. The molecule has 5 heteroatoms. The molecule has 0 spiro atoms. The molecule has 2 unspecified atom stereocenters. The van der Waals surface area contributed by atoms with Crippen LogP contribution in [0, 0.1) is 11.6 Å². The quantitative estimate of drug-likeness (QED) is 0.686. The van der Waals surface area contributed by atoms with Crippen LogP contribution in [0.4, 0.5) is 8.78 Å². The number of rotatable bonds is 8. The van der Waals surface area contributed by atoms with E-state index in [1.165, 1.54) is 12.1 Å². The average Bonchev–Trinajstić information content (AvgIpc) is 3.48. The van der Waals surface area contributed by atoms with Crippen molar-refractivity contribution in [1.82, 2.24) is 0 Å². The zero-order valence-corrected chi connectivity index (χ0v) is 13.8. The molecule has 0 bridgehead atoms. The summed E-state index contributed by atoms with van der Waals surface area (Å²) < 4.78 is 43.3. The van der Waals surface area contributed by atoms with Gasteiger partial charge in [0.25, 0.3) is 0 Å². The first-order valence-electron chi connectivity index (χ1n) is 8.53. The second kappa shape index (κ2) is 7.20. The molecule has 0 aliphatic carbocycles. The number of hydrogen-bond donors (Lipinski definition) is 0. The number of epoxide rings is 2. The fraction of sp³-hybridized carbons (Fsp3) is 0.400.